The summed E-state index contributed by atoms with van der Waals surface area (Å²) in [7, 11) is 0. The Bertz CT molecular complexity index is 504. The quantitative estimate of drug-likeness (QED) is 0.636. The van der Waals surface area contributed by atoms with E-state index in [1.54, 1.807) is 0 Å². The van der Waals surface area contributed by atoms with Crippen molar-refractivity contribution in [2.45, 2.75) is 6.92 Å². The maximum absolute atomic E-state index is 5.81. The lowest BCUT2D eigenvalue weighted by molar-refractivity contribution is 1.32. The summed E-state index contributed by atoms with van der Waals surface area (Å²) < 4.78 is 0. The number of hydrogen-bond donors (Lipinski definition) is 1. The molecule has 0 spiro atoms. The first-order chi connectivity index (χ1) is 8.25. The lowest BCUT2D eigenvalue weighted by Gasteiger charge is -2.03. The molecule has 0 unspecified atom stereocenters. The predicted molar refractivity (Wildman–Crippen MR) is 73.7 cm³/mol. The summed E-state index contributed by atoms with van der Waals surface area (Å²) >= 11 is 5.81. The van der Waals surface area contributed by atoms with Gasteiger partial charge in [-0.1, -0.05) is 41.9 Å². The summed E-state index contributed by atoms with van der Waals surface area (Å²) in [6.45, 7) is 1.97. The van der Waals surface area contributed by atoms with E-state index in [1.807, 2.05) is 61.5 Å². The van der Waals surface area contributed by atoms with E-state index < -0.39 is 0 Å². The average Bonchev–Trinajstić information content (AvgIpc) is 2.39. The summed E-state index contributed by atoms with van der Waals surface area (Å²) in [6.07, 6.45) is 0. The first-order valence-electron chi connectivity index (χ1n) is 5.37. The van der Waals surface area contributed by atoms with Gasteiger partial charge in [0.05, 0.1) is 11.4 Å². The van der Waals surface area contributed by atoms with E-state index >= 15 is 0 Å². The second-order valence-corrected chi connectivity index (χ2v) is 4.12. The van der Waals surface area contributed by atoms with Gasteiger partial charge in [0.1, 0.15) is 0 Å². The number of nitrogens with zero attached hydrogens (tertiary/aromatic N) is 1. The number of rotatable bonds is 3. The van der Waals surface area contributed by atoms with Gasteiger partial charge in [0.25, 0.3) is 0 Å². The number of hydrazone groups is 1. The molecule has 0 bridgehead atoms. The van der Waals surface area contributed by atoms with Crippen molar-refractivity contribution in [1.82, 2.24) is 0 Å². The third kappa shape index (κ3) is 3.33. The molecule has 2 nitrogen and oxygen atoms in total. The molecule has 0 aromatic heterocycles. The lowest BCUT2D eigenvalue weighted by Crippen LogP contribution is -1.99. The molecule has 0 saturated heterocycles. The van der Waals surface area contributed by atoms with E-state index in [9.17, 15) is 0 Å². The molecule has 0 aliphatic rings. The van der Waals surface area contributed by atoms with Gasteiger partial charge in [-0.25, -0.2) is 0 Å². The normalized spacial score (nSPS) is 11.3. The van der Waals surface area contributed by atoms with Crippen LogP contribution in [0.3, 0.4) is 0 Å². The van der Waals surface area contributed by atoms with E-state index in [0.717, 1.165) is 22.0 Å². The molecule has 0 saturated carbocycles. The van der Waals surface area contributed by atoms with Gasteiger partial charge >= 0.3 is 0 Å². The van der Waals surface area contributed by atoms with Crippen LogP contribution in [0.5, 0.6) is 0 Å². The molecule has 0 radical (unpaired) electrons. The van der Waals surface area contributed by atoms with Crippen LogP contribution in [0.2, 0.25) is 5.02 Å². The Morgan fingerprint density at radius 1 is 1.00 bits per heavy atom. The second kappa shape index (κ2) is 5.51. The minimum Gasteiger partial charge on any atom is -0.278 e. The molecule has 3 heteroatoms. The van der Waals surface area contributed by atoms with Crippen molar-refractivity contribution in [3.8, 4) is 0 Å². The topological polar surface area (TPSA) is 24.4 Å². The van der Waals surface area contributed by atoms with Crippen LogP contribution < -0.4 is 5.43 Å². The van der Waals surface area contributed by atoms with Crippen LogP contribution in [-0.2, 0) is 0 Å². The molecule has 2 aromatic carbocycles. The average molecular weight is 245 g/mol. The Balaban J connectivity index is 2.08. The Labute approximate surface area is 106 Å². The summed E-state index contributed by atoms with van der Waals surface area (Å²) in [5.41, 5.74) is 5.97. The van der Waals surface area contributed by atoms with Crippen LogP contribution in [0.15, 0.2) is 59.7 Å². The van der Waals surface area contributed by atoms with Crippen LogP contribution in [0.25, 0.3) is 0 Å². The van der Waals surface area contributed by atoms with E-state index in [2.05, 4.69) is 10.5 Å². The summed E-state index contributed by atoms with van der Waals surface area (Å²) in [5.74, 6) is 0. The van der Waals surface area contributed by atoms with Crippen molar-refractivity contribution in [2.24, 2.45) is 5.10 Å². The zero-order valence-electron chi connectivity index (χ0n) is 9.52. The molecular weight excluding hydrogens is 232 g/mol. The molecule has 0 fully saturated rings. The monoisotopic (exact) mass is 244 g/mol. The van der Waals surface area contributed by atoms with Crippen molar-refractivity contribution >= 4 is 23.0 Å². The summed E-state index contributed by atoms with van der Waals surface area (Å²) in [6, 6.07) is 17.5. The Morgan fingerprint density at radius 2 is 1.65 bits per heavy atom. The van der Waals surface area contributed by atoms with Crippen molar-refractivity contribution in [3.05, 3.63) is 65.2 Å². The number of benzene rings is 2. The Hall–Kier alpha value is -1.80. The minimum atomic E-state index is 0.722. The molecule has 86 valence electrons. The van der Waals surface area contributed by atoms with Gasteiger partial charge in [-0.2, -0.15) is 5.10 Å². The maximum Gasteiger partial charge on any atom is 0.0648 e. The molecule has 0 aliphatic heterocycles. The van der Waals surface area contributed by atoms with E-state index in [0.29, 0.717) is 0 Å². The number of hydrogen-bond acceptors (Lipinski definition) is 2. The van der Waals surface area contributed by atoms with Crippen molar-refractivity contribution in [1.29, 1.82) is 0 Å². The third-order valence-electron chi connectivity index (χ3n) is 2.39. The lowest BCUT2D eigenvalue weighted by atomic mass is 10.1. The molecule has 2 aromatic rings. The zero-order chi connectivity index (χ0) is 12.1. The minimum absolute atomic E-state index is 0.722. The fourth-order valence-electron chi connectivity index (χ4n) is 1.42. The van der Waals surface area contributed by atoms with Crippen molar-refractivity contribution < 1.29 is 0 Å². The van der Waals surface area contributed by atoms with Crippen LogP contribution in [0.4, 0.5) is 5.69 Å². The highest BCUT2D eigenvalue weighted by atomic mass is 35.5. The molecule has 0 atom stereocenters. The largest absolute Gasteiger partial charge is 0.278 e. The number of halogens is 1. The predicted octanol–water partition coefficient (Wildman–Crippen LogP) is 4.18. The molecule has 17 heavy (non-hydrogen) atoms. The Kier molecular flexibility index (Phi) is 3.78. The van der Waals surface area contributed by atoms with Gasteiger partial charge in [-0.15, -0.1) is 0 Å². The summed E-state index contributed by atoms with van der Waals surface area (Å²) in [5, 5.41) is 5.04. The van der Waals surface area contributed by atoms with Crippen LogP contribution in [-0.4, -0.2) is 5.71 Å². The van der Waals surface area contributed by atoms with Gasteiger partial charge < -0.3 is 0 Å². The van der Waals surface area contributed by atoms with Gasteiger partial charge in [0.15, 0.2) is 0 Å². The van der Waals surface area contributed by atoms with Crippen molar-refractivity contribution in [3.63, 3.8) is 0 Å². The molecule has 0 heterocycles. The van der Waals surface area contributed by atoms with E-state index in [1.165, 1.54) is 0 Å². The Morgan fingerprint density at radius 3 is 2.29 bits per heavy atom. The highest BCUT2D eigenvalue weighted by Crippen LogP contribution is 2.13. The number of nitrogens with one attached hydrogen (secondary N) is 1. The molecule has 1 N–H and O–H groups in total. The number of anilines is 1. The maximum atomic E-state index is 5.81. The van der Waals surface area contributed by atoms with E-state index in [4.69, 9.17) is 11.6 Å². The smallest absolute Gasteiger partial charge is 0.0648 e. The fraction of sp³-hybridized carbons (Fsp3) is 0.0714. The second-order valence-electron chi connectivity index (χ2n) is 3.68. The van der Waals surface area contributed by atoms with Gasteiger partial charge in [-0.05, 0) is 36.8 Å². The molecule has 2 rings (SSSR count). The highest BCUT2D eigenvalue weighted by Gasteiger charge is 1.95. The van der Waals surface area contributed by atoms with Crippen LogP contribution in [0, 0.1) is 0 Å². The van der Waals surface area contributed by atoms with Crippen molar-refractivity contribution in [2.75, 3.05) is 5.43 Å². The molecule has 0 amide bonds. The van der Waals surface area contributed by atoms with Gasteiger partial charge in [0.2, 0.25) is 0 Å². The van der Waals surface area contributed by atoms with Crippen LogP contribution >= 0.6 is 11.6 Å². The van der Waals surface area contributed by atoms with Gasteiger partial charge in [-0.3, -0.25) is 5.43 Å². The molecule has 0 aliphatic carbocycles. The third-order valence-corrected chi connectivity index (χ3v) is 2.64. The fourth-order valence-corrected chi connectivity index (χ4v) is 1.54. The first-order valence-corrected chi connectivity index (χ1v) is 5.75. The zero-order valence-corrected chi connectivity index (χ0v) is 10.3. The first kappa shape index (κ1) is 11.7. The van der Waals surface area contributed by atoms with E-state index in [-0.39, 0.29) is 0 Å². The highest BCUT2D eigenvalue weighted by molar-refractivity contribution is 6.30. The van der Waals surface area contributed by atoms with Gasteiger partial charge in [0, 0.05) is 5.02 Å². The SMILES string of the molecule is CC(=NNc1ccc(Cl)cc1)c1ccccc1. The standard InChI is InChI=1S/C14H13ClN2/c1-11(12-5-3-2-4-6-12)16-17-14-9-7-13(15)8-10-14/h2-10,17H,1H3. The summed E-state index contributed by atoms with van der Waals surface area (Å²) in [4.78, 5) is 0. The van der Waals surface area contributed by atoms with Crippen LogP contribution in [0.1, 0.15) is 12.5 Å². The molecular formula is C14H13ClN2.